The zero-order chi connectivity index (χ0) is 24.5. The number of benzene rings is 2. The Labute approximate surface area is 201 Å². The molecule has 10 nitrogen and oxygen atoms in total. The van der Waals surface area contributed by atoms with E-state index in [9.17, 15) is 22.8 Å². The highest BCUT2D eigenvalue weighted by Crippen LogP contribution is 2.30. The molecule has 2 saturated heterocycles. The normalized spacial score (nSPS) is 19.5. The molecular weight excluding hydrogens is 484 g/mol. The molecule has 2 aromatic carbocycles. The molecule has 4 rings (SSSR count). The van der Waals surface area contributed by atoms with E-state index in [1.165, 1.54) is 28.6 Å². The molecule has 0 bridgehead atoms. The van der Waals surface area contributed by atoms with E-state index >= 15 is 0 Å². The summed E-state index contributed by atoms with van der Waals surface area (Å²) in [6.45, 7) is 2.80. The summed E-state index contributed by atoms with van der Waals surface area (Å²) in [7, 11) is -3.77. The maximum atomic E-state index is 12.9. The Bertz CT molecular complexity index is 1250. The summed E-state index contributed by atoms with van der Waals surface area (Å²) in [5.41, 5.74) is 6.06. The van der Waals surface area contributed by atoms with Gasteiger partial charge in [0.1, 0.15) is 6.04 Å². The summed E-state index contributed by atoms with van der Waals surface area (Å²) in [5, 5.41) is 0.426. The molecule has 0 aliphatic carbocycles. The van der Waals surface area contributed by atoms with Crippen LogP contribution in [0.15, 0.2) is 47.4 Å². The number of hydrazine groups is 1. The van der Waals surface area contributed by atoms with Crippen LogP contribution in [0.25, 0.3) is 0 Å². The zero-order valence-corrected chi connectivity index (χ0v) is 19.9. The second kappa shape index (κ2) is 9.80. The number of sulfonamides is 1. The quantitative estimate of drug-likeness (QED) is 0.446. The largest absolute Gasteiger partial charge is 0.379 e. The number of rotatable bonds is 6. The van der Waals surface area contributed by atoms with Gasteiger partial charge in [0, 0.05) is 23.7 Å². The van der Waals surface area contributed by atoms with Crippen molar-refractivity contribution in [3.63, 3.8) is 0 Å². The first kappa shape index (κ1) is 24.3. The van der Waals surface area contributed by atoms with Gasteiger partial charge in [-0.05, 0) is 42.8 Å². The van der Waals surface area contributed by atoms with Crippen molar-refractivity contribution in [2.75, 3.05) is 31.2 Å². The Hall–Kier alpha value is -2.83. The average Bonchev–Trinajstić information content (AvgIpc) is 3.12. The van der Waals surface area contributed by atoms with Gasteiger partial charge in [-0.25, -0.2) is 18.7 Å². The molecule has 2 aromatic rings. The lowest BCUT2D eigenvalue weighted by molar-refractivity contribution is -0.121. The van der Waals surface area contributed by atoms with E-state index in [1.807, 2.05) is 0 Å². The van der Waals surface area contributed by atoms with Crippen molar-refractivity contribution in [3.05, 3.63) is 58.6 Å². The number of imide groups is 1. The molecule has 0 spiro atoms. The summed E-state index contributed by atoms with van der Waals surface area (Å²) in [5.74, 6) is -1.60. The highest BCUT2D eigenvalue weighted by atomic mass is 35.5. The van der Waals surface area contributed by atoms with Crippen molar-refractivity contribution in [3.8, 4) is 0 Å². The first-order chi connectivity index (χ1) is 16.2. The maximum Gasteiger partial charge on any atom is 0.265 e. The molecule has 1 atom stereocenters. The number of nitrogens with one attached hydrogen (secondary N) is 2. The SMILES string of the molecule is Cc1c(Cl)cccc1N1C(=O)CC(NNC(=O)c2cccc(S(=O)(=O)N3CCOCC3)c2)C1=O. The Morgan fingerprint density at radius 1 is 1.12 bits per heavy atom. The minimum absolute atomic E-state index is 0.0169. The number of hydrogen-bond acceptors (Lipinski definition) is 7. The third kappa shape index (κ3) is 4.70. The van der Waals surface area contributed by atoms with Crippen molar-refractivity contribution in [2.45, 2.75) is 24.3 Å². The zero-order valence-electron chi connectivity index (χ0n) is 18.3. The molecule has 1 unspecified atom stereocenters. The van der Waals surface area contributed by atoms with Gasteiger partial charge in [-0.2, -0.15) is 4.31 Å². The van der Waals surface area contributed by atoms with Crippen LogP contribution in [-0.4, -0.2) is 62.8 Å². The lowest BCUT2D eigenvalue weighted by Gasteiger charge is -2.26. The third-order valence-corrected chi connectivity index (χ3v) is 7.99. The maximum absolute atomic E-state index is 12.9. The first-order valence-corrected chi connectivity index (χ1v) is 12.4. The standard InChI is InChI=1S/C22H23ClN4O6S/c1-14-17(23)6-3-7-19(14)27-20(28)13-18(22(27)30)24-25-21(29)15-4-2-5-16(12-15)34(31,32)26-8-10-33-11-9-26/h2-7,12,18,24H,8-11,13H2,1H3,(H,25,29). The smallest absolute Gasteiger partial charge is 0.265 e. The summed E-state index contributed by atoms with van der Waals surface area (Å²) < 4.78 is 32.2. The summed E-state index contributed by atoms with van der Waals surface area (Å²) in [4.78, 5) is 39.0. The van der Waals surface area contributed by atoms with Crippen molar-refractivity contribution in [2.24, 2.45) is 0 Å². The second-order valence-electron chi connectivity index (χ2n) is 7.85. The number of carbonyl (C=O) groups excluding carboxylic acids is 3. The predicted octanol–water partition coefficient (Wildman–Crippen LogP) is 1.24. The number of hydrogen-bond donors (Lipinski definition) is 2. The van der Waals surface area contributed by atoms with Crippen LogP contribution in [0.2, 0.25) is 5.02 Å². The van der Waals surface area contributed by atoms with Crippen LogP contribution in [0.1, 0.15) is 22.3 Å². The number of ether oxygens (including phenoxy) is 1. The summed E-state index contributed by atoms with van der Waals surface area (Å²) in [6, 6.07) is 9.56. The summed E-state index contributed by atoms with van der Waals surface area (Å²) in [6.07, 6.45) is -0.156. The van der Waals surface area contributed by atoms with E-state index in [-0.39, 0.29) is 30.0 Å². The molecule has 2 aliphatic rings. The average molecular weight is 507 g/mol. The lowest BCUT2D eigenvalue weighted by atomic mass is 10.2. The van der Waals surface area contributed by atoms with Crippen molar-refractivity contribution in [1.82, 2.24) is 15.2 Å². The van der Waals surface area contributed by atoms with Gasteiger partial charge in [0.15, 0.2) is 0 Å². The molecule has 34 heavy (non-hydrogen) atoms. The van der Waals surface area contributed by atoms with Crippen LogP contribution >= 0.6 is 11.6 Å². The van der Waals surface area contributed by atoms with Gasteiger partial charge in [-0.1, -0.05) is 23.7 Å². The number of morpholine rings is 1. The topological polar surface area (TPSA) is 125 Å². The van der Waals surface area contributed by atoms with Gasteiger partial charge in [0.05, 0.1) is 30.2 Å². The monoisotopic (exact) mass is 506 g/mol. The molecule has 2 aliphatic heterocycles. The molecule has 12 heteroatoms. The molecule has 2 fully saturated rings. The fourth-order valence-corrected chi connectivity index (χ4v) is 5.42. The molecule has 0 saturated carbocycles. The minimum atomic E-state index is -3.77. The van der Waals surface area contributed by atoms with Crippen molar-refractivity contribution < 1.29 is 27.5 Å². The van der Waals surface area contributed by atoms with Crippen LogP contribution in [0.3, 0.4) is 0 Å². The van der Waals surface area contributed by atoms with Crippen LogP contribution in [-0.2, 0) is 24.3 Å². The summed E-state index contributed by atoms with van der Waals surface area (Å²) >= 11 is 6.12. The molecule has 2 heterocycles. The molecule has 3 amide bonds. The van der Waals surface area contributed by atoms with E-state index in [0.29, 0.717) is 29.5 Å². The molecule has 0 radical (unpaired) electrons. The van der Waals surface area contributed by atoms with E-state index < -0.39 is 33.8 Å². The number of nitrogens with zero attached hydrogens (tertiary/aromatic N) is 2. The van der Waals surface area contributed by atoms with E-state index in [0.717, 1.165) is 4.90 Å². The van der Waals surface area contributed by atoms with Crippen LogP contribution in [0, 0.1) is 6.92 Å². The number of halogens is 1. The van der Waals surface area contributed by atoms with Crippen molar-refractivity contribution in [1.29, 1.82) is 0 Å². The fourth-order valence-electron chi connectivity index (χ4n) is 3.79. The highest BCUT2D eigenvalue weighted by molar-refractivity contribution is 7.89. The second-order valence-corrected chi connectivity index (χ2v) is 10.2. The van der Waals surface area contributed by atoms with Gasteiger partial charge in [0.2, 0.25) is 15.9 Å². The number of anilines is 1. The van der Waals surface area contributed by atoms with Gasteiger partial charge >= 0.3 is 0 Å². The van der Waals surface area contributed by atoms with E-state index in [4.69, 9.17) is 16.3 Å². The number of carbonyl (C=O) groups is 3. The highest BCUT2D eigenvalue weighted by Gasteiger charge is 2.40. The predicted molar refractivity (Wildman–Crippen MR) is 124 cm³/mol. The van der Waals surface area contributed by atoms with Crippen LogP contribution in [0.5, 0.6) is 0 Å². The lowest BCUT2D eigenvalue weighted by Crippen LogP contribution is -2.48. The molecule has 2 N–H and O–H groups in total. The van der Waals surface area contributed by atoms with Crippen LogP contribution in [0.4, 0.5) is 5.69 Å². The van der Waals surface area contributed by atoms with E-state index in [2.05, 4.69) is 10.9 Å². The molecule has 180 valence electrons. The minimum Gasteiger partial charge on any atom is -0.379 e. The Balaban J connectivity index is 1.44. The van der Waals surface area contributed by atoms with Crippen molar-refractivity contribution >= 4 is 45.0 Å². The molecular formula is C22H23ClN4O6S. The van der Waals surface area contributed by atoms with Crippen LogP contribution < -0.4 is 15.8 Å². The van der Waals surface area contributed by atoms with Gasteiger partial charge in [0.25, 0.3) is 11.8 Å². The number of amides is 3. The third-order valence-electron chi connectivity index (χ3n) is 5.69. The first-order valence-electron chi connectivity index (χ1n) is 10.6. The van der Waals surface area contributed by atoms with Gasteiger partial charge in [-0.3, -0.25) is 19.8 Å². The molecule has 0 aromatic heterocycles. The van der Waals surface area contributed by atoms with Gasteiger partial charge < -0.3 is 4.74 Å². The Morgan fingerprint density at radius 3 is 2.56 bits per heavy atom. The van der Waals surface area contributed by atoms with E-state index in [1.54, 1.807) is 25.1 Å². The van der Waals surface area contributed by atoms with Gasteiger partial charge in [-0.15, -0.1) is 0 Å². The fraction of sp³-hybridized carbons (Fsp3) is 0.318. The Kier molecular flexibility index (Phi) is 7.01. The Morgan fingerprint density at radius 2 is 1.82 bits per heavy atom.